The number of sulfonamides is 1. The second kappa shape index (κ2) is 6.86. The normalized spacial score (nSPS) is 11.5. The molecule has 2 aromatic rings. The first-order valence-corrected chi connectivity index (χ1v) is 8.95. The number of esters is 1. The van der Waals surface area contributed by atoms with Gasteiger partial charge in [-0.25, -0.2) is 17.9 Å². The molecule has 0 radical (unpaired) electrons. The van der Waals surface area contributed by atoms with Crippen LogP contribution in [0.5, 0.6) is 0 Å². The van der Waals surface area contributed by atoms with Crippen molar-refractivity contribution in [3.8, 4) is 0 Å². The van der Waals surface area contributed by atoms with E-state index in [1.807, 2.05) is 6.92 Å². The Balaban J connectivity index is 2.16. The minimum Gasteiger partial charge on any atom is -0.465 e. The molecule has 0 aliphatic heterocycles. The molecular weight excluding hydrogens is 386 g/mol. The van der Waals surface area contributed by atoms with E-state index < -0.39 is 16.0 Å². The fourth-order valence-electron chi connectivity index (χ4n) is 1.98. The summed E-state index contributed by atoms with van der Waals surface area (Å²) in [6, 6.07) is 6.22. The number of furan rings is 1. The van der Waals surface area contributed by atoms with Gasteiger partial charge in [-0.1, -0.05) is 15.9 Å². The number of carbonyl (C=O) groups is 1. The number of nitrogens with one attached hydrogen (secondary N) is 1. The van der Waals surface area contributed by atoms with Crippen LogP contribution in [0.15, 0.2) is 38.1 Å². The molecule has 0 aliphatic carbocycles. The molecule has 6 nitrogen and oxygen atoms in total. The Morgan fingerprint density at radius 3 is 2.61 bits per heavy atom. The third kappa shape index (κ3) is 4.01. The smallest absolute Gasteiger partial charge is 0.341 e. The average molecular weight is 402 g/mol. The Kier molecular flexibility index (Phi) is 5.28. The summed E-state index contributed by atoms with van der Waals surface area (Å²) in [7, 11) is -2.40. The third-order valence-corrected chi connectivity index (χ3v) is 5.54. The van der Waals surface area contributed by atoms with Crippen molar-refractivity contribution in [1.29, 1.82) is 0 Å². The van der Waals surface area contributed by atoms with E-state index in [9.17, 15) is 13.2 Å². The average Bonchev–Trinajstić information content (AvgIpc) is 2.88. The van der Waals surface area contributed by atoms with Gasteiger partial charge in [-0.3, -0.25) is 0 Å². The highest BCUT2D eigenvalue weighted by atomic mass is 79.9. The molecule has 0 aliphatic rings. The Labute approximate surface area is 143 Å². The van der Waals surface area contributed by atoms with Gasteiger partial charge < -0.3 is 9.15 Å². The van der Waals surface area contributed by atoms with Gasteiger partial charge >= 0.3 is 5.97 Å². The van der Waals surface area contributed by atoms with Crippen LogP contribution in [0.25, 0.3) is 0 Å². The lowest BCUT2D eigenvalue weighted by Gasteiger charge is -2.07. The topological polar surface area (TPSA) is 85.6 Å². The van der Waals surface area contributed by atoms with E-state index in [1.165, 1.54) is 19.2 Å². The third-order valence-electron chi connectivity index (χ3n) is 3.25. The molecule has 0 fully saturated rings. The minimum atomic E-state index is -3.67. The zero-order valence-electron chi connectivity index (χ0n) is 12.8. The van der Waals surface area contributed by atoms with E-state index in [4.69, 9.17) is 4.42 Å². The quantitative estimate of drug-likeness (QED) is 0.778. The van der Waals surface area contributed by atoms with E-state index in [0.717, 1.165) is 10.0 Å². The molecule has 0 unspecified atom stereocenters. The molecule has 1 aromatic heterocycles. The highest BCUT2D eigenvalue weighted by molar-refractivity contribution is 9.10. The van der Waals surface area contributed by atoms with Crippen molar-refractivity contribution in [2.75, 3.05) is 7.11 Å². The summed E-state index contributed by atoms with van der Waals surface area (Å²) in [6.45, 7) is 3.36. The number of hydrogen-bond donors (Lipinski definition) is 1. The summed E-state index contributed by atoms with van der Waals surface area (Å²) in [5.41, 5.74) is 1.09. The zero-order valence-corrected chi connectivity index (χ0v) is 15.2. The van der Waals surface area contributed by atoms with Crippen LogP contribution in [0.1, 0.15) is 27.4 Å². The van der Waals surface area contributed by atoms with E-state index in [0.29, 0.717) is 11.5 Å². The molecule has 0 spiro atoms. The van der Waals surface area contributed by atoms with Crippen molar-refractivity contribution in [1.82, 2.24) is 4.72 Å². The van der Waals surface area contributed by atoms with Gasteiger partial charge in [0, 0.05) is 4.47 Å². The lowest BCUT2D eigenvalue weighted by Crippen LogP contribution is -2.23. The fraction of sp³-hybridized carbons (Fsp3) is 0.267. The summed E-state index contributed by atoms with van der Waals surface area (Å²) in [6.07, 6.45) is 0. The highest BCUT2D eigenvalue weighted by Gasteiger charge is 2.18. The maximum Gasteiger partial charge on any atom is 0.341 e. The Bertz CT molecular complexity index is 842. The highest BCUT2D eigenvalue weighted by Crippen LogP contribution is 2.21. The van der Waals surface area contributed by atoms with Gasteiger partial charge in [0.25, 0.3) is 0 Å². The predicted molar refractivity (Wildman–Crippen MR) is 87.7 cm³/mol. The minimum absolute atomic E-state index is 0.0602. The number of carbonyl (C=O) groups excluding carboxylic acids is 1. The van der Waals surface area contributed by atoms with Crippen LogP contribution in [-0.4, -0.2) is 21.5 Å². The van der Waals surface area contributed by atoms with Crippen LogP contribution in [0.2, 0.25) is 0 Å². The first-order valence-electron chi connectivity index (χ1n) is 6.68. The van der Waals surface area contributed by atoms with Crippen LogP contribution in [0.4, 0.5) is 0 Å². The van der Waals surface area contributed by atoms with Crippen LogP contribution in [-0.2, 0) is 21.3 Å². The van der Waals surface area contributed by atoms with Crippen LogP contribution in [0.3, 0.4) is 0 Å². The second-order valence-electron chi connectivity index (χ2n) is 4.91. The Morgan fingerprint density at radius 1 is 1.30 bits per heavy atom. The molecular formula is C15H16BrNO5S. The standard InChI is InChI=1S/C15H16BrNO5S/c1-9-6-12(4-5-14(9)16)23(19,20)17-8-11-7-13(10(2)22-11)15(18)21-3/h4-7,17H,8H2,1-3H3. The van der Waals surface area contributed by atoms with E-state index in [2.05, 4.69) is 25.4 Å². The van der Waals surface area contributed by atoms with Gasteiger partial charge in [0.2, 0.25) is 10.0 Å². The number of aryl methyl sites for hydroxylation is 2. The molecule has 0 amide bonds. The second-order valence-corrected chi connectivity index (χ2v) is 7.53. The van der Waals surface area contributed by atoms with Gasteiger partial charge in [0.15, 0.2) is 0 Å². The Morgan fingerprint density at radius 2 is 2.00 bits per heavy atom. The van der Waals surface area contributed by atoms with Crippen molar-refractivity contribution in [3.63, 3.8) is 0 Å². The first-order chi connectivity index (χ1) is 10.7. The maximum absolute atomic E-state index is 12.3. The van der Waals surface area contributed by atoms with E-state index in [-0.39, 0.29) is 17.0 Å². The monoisotopic (exact) mass is 401 g/mol. The van der Waals surface area contributed by atoms with Crippen LogP contribution < -0.4 is 4.72 Å². The van der Waals surface area contributed by atoms with Crippen molar-refractivity contribution in [2.24, 2.45) is 0 Å². The number of hydrogen-bond acceptors (Lipinski definition) is 5. The fourth-order valence-corrected chi connectivity index (χ4v) is 3.30. The molecule has 0 atom stereocenters. The van der Waals surface area contributed by atoms with Crippen LogP contribution in [0, 0.1) is 13.8 Å². The van der Waals surface area contributed by atoms with Crippen LogP contribution >= 0.6 is 15.9 Å². The van der Waals surface area contributed by atoms with E-state index in [1.54, 1.807) is 19.1 Å². The molecule has 1 N–H and O–H groups in total. The lowest BCUT2D eigenvalue weighted by molar-refractivity contribution is 0.0599. The summed E-state index contributed by atoms with van der Waals surface area (Å²) >= 11 is 3.33. The number of rotatable bonds is 5. The summed E-state index contributed by atoms with van der Waals surface area (Å²) in [5, 5.41) is 0. The molecule has 1 heterocycles. The molecule has 8 heteroatoms. The number of methoxy groups -OCH3 is 1. The lowest BCUT2D eigenvalue weighted by atomic mass is 10.2. The molecule has 23 heavy (non-hydrogen) atoms. The molecule has 0 saturated heterocycles. The van der Waals surface area contributed by atoms with Gasteiger partial charge in [0.1, 0.15) is 17.1 Å². The van der Waals surface area contributed by atoms with Gasteiger partial charge in [-0.05, 0) is 43.7 Å². The summed E-state index contributed by atoms with van der Waals surface area (Å²) in [5.74, 6) is 0.190. The van der Waals surface area contributed by atoms with Crippen molar-refractivity contribution in [3.05, 3.63) is 51.4 Å². The Hall–Kier alpha value is -1.64. The number of ether oxygens (including phenoxy) is 1. The largest absolute Gasteiger partial charge is 0.465 e. The molecule has 0 bridgehead atoms. The molecule has 1 aromatic carbocycles. The first kappa shape index (κ1) is 17.7. The van der Waals surface area contributed by atoms with Crippen molar-refractivity contribution >= 4 is 31.9 Å². The molecule has 124 valence electrons. The summed E-state index contributed by atoms with van der Waals surface area (Å²) in [4.78, 5) is 11.7. The number of halogens is 1. The van der Waals surface area contributed by atoms with Gasteiger partial charge in [-0.15, -0.1) is 0 Å². The maximum atomic E-state index is 12.3. The SMILES string of the molecule is COC(=O)c1cc(CNS(=O)(=O)c2ccc(Br)c(C)c2)oc1C. The van der Waals surface area contributed by atoms with E-state index >= 15 is 0 Å². The van der Waals surface area contributed by atoms with Crippen molar-refractivity contribution < 1.29 is 22.4 Å². The van der Waals surface area contributed by atoms with Gasteiger partial charge in [-0.2, -0.15) is 0 Å². The molecule has 0 saturated carbocycles. The predicted octanol–water partition coefficient (Wildman–Crippen LogP) is 2.92. The van der Waals surface area contributed by atoms with Crippen molar-refractivity contribution in [2.45, 2.75) is 25.3 Å². The summed E-state index contributed by atoms with van der Waals surface area (Å²) < 4.78 is 37.9. The zero-order chi connectivity index (χ0) is 17.2. The van der Waals surface area contributed by atoms with Gasteiger partial charge in [0.05, 0.1) is 18.6 Å². The number of benzene rings is 1. The molecule has 2 rings (SSSR count).